The zero-order chi connectivity index (χ0) is 18.4. The highest BCUT2D eigenvalue weighted by Gasteiger charge is 2.18. The monoisotopic (exact) mass is 354 g/mol. The minimum absolute atomic E-state index is 0.00315. The molecule has 1 N–H and O–H groups in total. The number of anilines is 2. The van der Waals surface area contributed by atoms with E-state index in [-0.39, 0.29) is 5.91 Å². The molecule has 5 nitrogen and oxygen atoms in total. The number of para-hydroxylation sites is 1. The maximum atomic E-state index is 12.2. The lowest BCUT2D eigenvalue weighted by Crippen LogP contribution is -2.43. The van der Waals surface area contributed by atoms with E-state index in [2.05, 4.69) is 29.3 Å². The molecule has 0 aliphatic carbocycles. The molecule has 1 aliphatic rings. The Morgan fingerprint density at radius 1 is 1.23 bits per heavy atom. The summed E-state index contributed by atoms with van der Waals surface area (Å²) in [7, 11) is 1.65. The van der Waals surface area contributed by atoms with Crippen LogP contribution in [0.25, 0.3) is 0 Å². The number of hydrogen-bond donors (Lipinski definition) is 1. The second-order valence-corrected chi connectivity index (χ2v) is 6.52. The van der Waals surface area contributed by atoms with E-state index in [1.807, 2.05) is 36.4 Å². The Labute approximate surface area is 154 Å². The molecule has 3 rings (SSSR count). The van der Waals surface area contributed by atoms with Gasteiger partial charge in [-0.05, 0) is 49.2 Å². The number of morpholine rings is 1. The van der Waals surface area contributed by atoms with Gasteiger partial charge in [-0.1, -0.05) is 18.2 Å². The van der Waals surface area contributed by atoms with Gasteiger partial charge in [-0.3, -0.25) is 4.79 Å². The summed E-state index contributed by atoms with van der Waals surface area (Å²) in [6.45, 7) is 4.56. The first kappa shape index (κ1) is 18.3. The van der Waals surface area contributed by atoms with Crippen molar-refractivity contribution in [3.8, 4) is 5.75 Å². The van der Waals surface area contributed by atoms with Crippen LogP contribution in [0.1, 0.15) is 18.9 Å². The smallest absolute Gasteiger partial charge is 0.224 e. The highest BCUT2D eigenvalue weighted by atomic mass is 16.5. The van der Waals surface area contributed by atoms with Crippen LogP contribution in [-0.2, 0) is 16.0 Å². The number of rotatable bonds is 6. The molecule has 1 saturated heterocycles. The molecule has 0 aromatic heterocycles. The topological polar surface area (TPSA) is 50.8 Å². The molecule has 0 bridgehead atoms. The van der Waals surface area contributed by atoms with Crippen molar-refractivity contribution in [1.29, 1.82) is 0 Å². The van der Waals surface area contributed by atoms with E-state index in [0.29, 0.717) is 18.9 Å². The average molecular weight is 354 g/mol. The predicted octanol–water partition coefficient (Wildman–Crippen LogP) is 3.49. The lowest BCUT2D eigenvalue weighted by atomic mass is 10.1. The van der Waals surface area contributed by atoms with E-state index in [4.69, 9.17) is 9.47 Å². The van der Waals surface area contributed by atoms with Crippen LogP contribution in [0.3, 0.4) is 0 Å². The Hall–Kier alpha value is -2.53. The van der Waals surface area contributed by atoms with Gasteiger partial charge in [-0.25, -0.2) is 0 Å². The Bertz CT molecular complexity index is 730. The van der Waals surface area contributed by atoms with Crippen molar-refractivity contribution in [2.45, 2.75) is 25.8 Å². The van der Waals surface area contributed by atoms with Crippen LogP contribution in [0, 0.1) is 0 Å². The normalized spacial score (nSPS) is 17.0. The fourth-order valence-electron chi connectivity index (χ4n) is 3.23. The van der Waals surface area contributed by atoms with Gasteiger partial charge >= 0.3 is 0 Å². The van der Waals surface area contributed by atoms with Gasteiger partial charge < -0.3 is 19.7 Å². The van der Waals surface area contributed by atoms with Crippen molar-refractivity contribution in [1.82, 2.24) is 0 Å². The number of aryl methyl sites for hydroxylation is 1. The first-order valence-corrected chi connectivity index (χ1v) is 9.03. The molecule has 138 valence electrons. The molecule has 5 heteroatoms. The number of carbonyl (C=O) groups excluding carboxylic acids is 1. The Morgan fingerprint density at radius 2 is 2.00 bits per heavy atom. The number of nitrogens with one attached hydrogen (secondary N) is 1. The molecule has 1 unspecified atom stereocenters. The van der Waals surface area contributed by atoms with E-state index in [1.165, 1.54) is 0 Å². The van der Waals surface area contributed by atoms with Gasteiger partial charge in [0, 0.05) is 30.4 Å². The van der Waals surface area contributed by atoms with Crippen molar-refractivity contribution in [3.05, 3.63) is 54.1 Å². The standard InChI is InChI=1S/C21H26N2O3/c1-16-15-26-14-13-23(16)19-10-8-18(9-11-19)22-21(24)12-7-17-5-3-4-6-20(17)25-2/h3-6,8-11,16H,7,12-15H2,1-2H3,(H,22,24). The summed E-state index contributed by atoms with van der Waals surface area (Å²) >= 11 is 0. The second-order valence-electron chi connectivity index (χ2n) is 6.52. The molecule has 1 amide bonds. The van der Waals surface area contributed by atoms with Crippen LogP contribution in [0.5, 0.6) is 5.75 Å². The Kier molecular flexibility index (Phi) is 6.12. The lowest BCUT2D eigenvalue weighted by molar-refractivity contribution is -0.116. The van der Waals surface area contributed by atoms with Crippen molar-refractivity contribution < 1.29 is 14.3 Å². The number of methoxy groups -OCH3 is 1. The fraction of sp³-hybridized carbons (Fsp3) is 0.381. The van der Waals surface area contributed by atoms with Gasteiger partial charge in [0.2, 0.25) is 5.91 Å². The van der Waals surface area contributed by atoms with Crippen LogP contribution in [-0.4, -0.2) is 38.8 Å². The number of benzene rings is 2. The molecule has 2 aromatic carbocycles. The Balaban J connectivity index is 1.54. The minimum Gasteiger partial charge on any atom is -0.496 e. The first-order chi connectivity index (χ1) is 12.7. The molecule has 0 radical (unpaired) electrons. The number of carbonyl (C=O) groups is 1. The van der Waals surface area contributed by atoms with E-state index in [9.17, 15) is 4.79 Å². The van der Waals surface area contributed by atoms with Crippen molar-refractivity contribution >= 4 is 17.3 Å². The highest BCUT2D eigenvalue weighted by Crippen LogP contribution is 2.22. The van der Waals surface area contributed by atoms with Gasteiger partial charge in [-0.2, -0.15) is 0 Å². The number of hydrogen-bond acceptors (Lipinski definition) is 4. The lowest BCUT2D eigenvalue weighted by Gasteiger charge is -2.35. The quantitative estimate of drug-likeness (QED) is 0.863. The van der Waals surface area contributed by atoms with Crippen LogP contribution in [0.15, 0.2) is 48.5 Å². The fourth-order valence-corrected chi connectivity index (χ4v) is 3.23. The number of nitrogens with zero attached hydrogens (tertiary/aromatic N) is 1. The summed E-state index contributed by atoms with van der Waals surface area (Å²) in [5, 5.41) is 2.97. The van der Waals surface area contributed by atoms with Gasteiger partial charge in [0.15, 0.2) is 0 Å². The summed E-state index contributed by atoms with van der Waals surface area (Å²) in [4.78, 5) is 14.6. The molecule has 1 heterocycles. The Morgan fingerprint density at radius 3 is 2.73 bits per heavy atom. The SMILES string of the molecule is COc1ccccc1CCC(=O)Nc1ccc(N2CCOCC2C)cc1. The summed E-state index contributed by atoms with van der Waals surface area (Å²) in [5.74, 6) is 0.827. The first-order valence-electron chi connectivity index (χ1n) is 9.03. The molecule has 1 fully saturated rings. The van der Waals surface area contributed by atoms with E-state index in [1.54, 1.807) is 7.11 Å². The van der Waals surface area contributed by atoms with E-state index in [0.717, 1.165) is 42.4 Å². The van der Waals surface area contributed by atoms with Gasteiger partial charge in [0.05, 0.1) is 20.3 Å². The third-order valence-electron chi connectivity index (χ3n) is 4.66. The summed E-state index contributed by atoms with van der Waals surface area (Å²) in [5.41, 5.74) is 3.02. The minimum atomic E-state index is 0.00315. The zero-order valence-electron chi connectivity index (χ0n) is 15.4. The van der Waals surface area contributed by atoms with Crippen molar-refractivity contribution in [2.24, 2.45) is 0 Å². The summed E-state index contributed by atoms with van der Waals surface area (Å²) < 4.78 is 10.8. The van der Waals surface area contributed by atoms with Crippen LogP contribution in [0.4, 0.5) is 11.4 Å². The zero-order valence-corrected chi connectivity index (χ0v) is 15.4. The second kappa shape index (κ2) is 8.72. The third kappa shape index (κ3) is 4.55. The largest absolute Gasteiger partial charge is 0.496 e. The third-order valence-corrected chi connectivity index (χ3v) is 4.66. The molecule has 2 aromatic rings. The van der Waals surface area contributed by atoms with Crippen molar-refractivity contribution in [2.75, 3.05) is 37.1 Å². The molecule has 0 spiro atoms. The summed E-state index contributed by atoms with van der Waals surface area (Å²) in [6, 6.07) is 16.2. The molecular weight excluding hydrogens is 328 g/mol. The molecule has 1 aliphatic heterocycles. The van der Waals surface area contributed by atoms with Crippen LogP contribution < -0.4 is 15.0 Å². The maximum Gasteiger partial charge on any atom is 0.224 e. The van der Waals surface area contributed by atoms with Crippen LogP contribution in [0.2, 0.25) is 0 Å². The predicted molar refractivity (Wildman–Crippen MR) is 104 cm³/mol. The molecule has 0 saturated carbocycles. The maximum absolute atomic E-state index is 12.2. The molecule has 26 heavy (non-hydrogen) atoms. The van der Waals surface area contributed by atoms with E-state index < -0.39 is 0 Å². The molecular formula is C21H26N2O3. The van der Waals surface area contributed by atoms with Crippen molar-refractivity contribution in [3.63, 3.8) is 0 Å². The van der Waals surface area contributed by atoms with Crippen LogP contribution >= 0.6 is 0 Å². The van der Waals surface area contributed by atoms with E-state index >= 15 is 0 Å². The number of ether oxygens (including phenoxy) is 2. The van der Waals surface area contributed by atoms with Gasteiger partial charge in [0.1, 0.15) is 5.75 Å². The highest BCUT2D eigenvalue weighted by molar-refractivity contribution is 5.91. The van der Waals surface area contributed by atoms with Gasteiger partial charge in [0.25, 0.3) is 0 Å². The van der Waals surface area contributed by atoms with Gasteiger partial charge in [-0.15, -0.1) is 0 Å². The summed E-state index contributed by atoms with van der Waals surface area (Å²) in [6.07, 6.45) is 1.07. The average Bonchev–Trinajstić information content (AvgIpc) is 2.68. The number of amides is 1. The molecule has 1 atom stereocenters.